The molecule has 4 heterocycles. The number of aryl methyl sites for hydroxylation is 1. The Balaban J connectivity index is 1.18. The first-order chi connectivity index (χ1) is 17.6. The van der Waals surface area contributed by atoms with E-state index in [0.717, 1.165) is 38.8 Å². The Hall–Kier alpha value is -4.90. The molecule has 36 heavy (non-hydrogen) atoms. The molecule has 0 radical (unpaired) electrons. The molecule has 0 bridgehead atoms. The lowest BCUT2D eigenvalue weighted by Gasteiger charge is -2.13. The number of imide groups is 1. The number of carbonyl (C=O) groups is 2. The number of amides is 3. The fourth-order valence-corrected chi connectivity index (χ4v) is 4.60. The highest BCUT2D eigenvalue weighted by Crippen LogP contribution is 2.24. The molecule has 0 saturated carbocycles. The monoisotopic (exact) mass is 474 g/mol. The highest BCUT2D eigenvalue weighted by Gasteiger charge is 2.38. The Labute approximate surface area is 207 Å². The molecule has 0 aliphatic carbocycles. The first-order valence-corrected chi connectivity index (χ1v) is 11.6. The van der Waals surface area contributed by atoms with Crippen LogP contribution in [0.3, 0.4) is 0 Å². The lowest BCUT2D eigenvalue weighted by atomic mass is 10.0. The van der Waals surface area contributed by atoms with Gasteiger partial charge in [0.2, 0.25) is 0 Å². The van der Waals surface area contributed by atoms with Crippen molar-refractivity contribution in [3.8, 4) is 11.8 Å². The van der Waals surface area contributed by atoms with Gasteiger partial charge < -0.3 is 10.3 Å². The summed E-state index contributed by atoms with van der Waals surface area (Å²) in [6, 6.07) is 16.3. The standard InChI is InChI=1S/C28H22N6O2/c1-18-5-2-8-23-21(15-30-26(18)23)14-24-27(35)33(28(36)32-24)17-20-7-3-6-19(13-20)10-11-22-16-29-25-9-4-12-31-34(22)25/h2-9,12-13,15-16,24,30H,14,17H2,1H3,(H,32,36). The molecule has 1 aliphatic heterocycles. The summed E-state index contributed by atoms with van der Waals surface area (Å²) in [6.45, 7) is 2.22. The summed E-state index contributed by atoms with van der Waals surface area (Å²) in [5.74, 6) is 6.00. The fourth-order valence-electron chi connectivity index (χ4n) is 4.60. The largest absolute Gasteiger partial charge is 0.361 e. The number of aromatic amines is 1. The van der Waals surface area contributed by atoms with E-state index in [1.807, 2.05) is 67.7 Å². The van der Waals surface area contributed by atoms with Crippen molar-refractivity contribution in [2.24, 2.45) is 0 Å². The van der Waals surface area contributed by atoms with Crippen molar-refractivity contribution in [3.63, 3.8) is 0 Å². The number of H-pyrrole nitrogens is 1. The van der Waals surface area contributed by atoms with Crippen molar-refractivity contribution in [1.29, 1.82) is 0 Å². The molecule has 3 amide bonds. The van der Waals surface area contributed by atoms with E-state index in [0.29, 0.717) is 12.1 Å². The zero-order chi connectivity index (χ0) is 24.6. The molecule has 176 valence electrons. The first-order valence-electron chi connectivity index (χ1n) is 11.6. The predicted octanol–water partition coefficient (Wildman–Crippen LogP) is 3.58. The zero-order valence-electron chi connectivity index (χ0n) is 19.5. The van der Waals surface area contributed by atoms with Gasteiger partial charge in [-0.2, -0.15) is 5.10 Å². The maximum absolute atomic E-state index is 13.1. The predicted molar refractivity (Wildman–Crippen MR) is 135 cm³/mol. The SMILES string of the molecule is Cc1cccc2c(CC3NC(=O)N(Cc4cccc(C#Cc5cnc6cccnn56)c4)C3=O)c[nH]c12. The van der Waals surface area contributed by atoms with Crippen LogP contribution in [-0.2, 0) is 17.8 Å². The van der Waals surface area contributed by atoms with E-state index < -0.39 is 6.04 Å². The number of urea groups is 1. The molecule has 1 unspecified atom stereocenters. The third kappa shape index (κ3) is 3.87. The molecular formula is C28H22N6O2. The van der Waals surface area contributed by atoms with Crippen molar-refractivity contribution < 1.29 is 9.59 Å². The van der Waals surface area contributed by atoms with Crippen molar-refractivity contribution in [3.05, 3.63) is 101 Å². The van der Waals surface area contributed by atoms with Gasteiger partial charge in [0.25, 0.3) is 5.91 Å². The Morgan fingerprint density at radius 2 is 1.94 bits per heavy atom. The molecule has 8 heteroatoms. The second kappa shape index (κ2) is 8.71. The minimum absolute atomic E-state index is 0.181. The van der Waals surface area contributed by atoms with E-state index in [9.17, 15) is 9.59 Å². The summed E-state index contributed by atoms with van der Waals surface area (Å²) >= 11 is 0. The van der Waals surface area contributed by atoms with Gasteiger partial charge >= 0.3 is 6.03 Å². The summed E-state index contributed by atoms with van der Waals surface area (Å²) in [5, 5.41) is 8.19. The first kappa shape index (κ1) is 21.6. The fraction of sp³-hybridized carbons (Fsp3) is 0.143. The molecule has 2 N–H and O–H groups in total. The van der Waals surface area contributed by atoms with Crippen LogP contribution >= 0.6 is 0 Å². The van der Waals surface area contributed by atoms with Crippen LogP contribution in [0.5, 0.6) is 0 Å². The van der Waals surface area contributed by atoms with Gasteiger partial charge in [-0.3, -0.25) is 9.69 Å². The minimum atomic E-state index is -0.595. The van der Waals surface area contributed by atoms with Crippen molar-refractivity contribution >= 4 is 28.5 Å². The van der Waals surface area contributed by atoms with Crippen molar-refractivity contribution in [2.75, 3.05) is 0 Å². The number of aromatic nitrogens is 4. The number of fused-ring (bicyclic) bond motifs is 2. The van der Waals surface area contributed by atoms with Crippen LogP contribution in [0, 0.1) is 18.8 Å². The Morgan fingerprint density at radius 3 is 2.86 bits per heavy atom. The van der Waals surface area contributed by atoms with Crippen LogP contribution in [0.15, 0.2) is 73.2 Å². The van der Waals surface area contributed by atoms with Crippen LogP contribution in [0.4, 0.5) is 4.79 Å². The van der Waals surface area contributed by atoms with Crippen LogP contribution < -0.4 is 5.32 Å². The van der Waals surface area contributed by atoms with E-state index in [4.69, 9.17) is 0 Å². The average Bonchev–Trinajstić information content (AvgIpc) is 3.57. The van der Waals surface area contributed by atoms with Crippen LogP contribution in [-0.4, -0.2) is 42.5 Å². The number of rotatable bonds is 4. The summed E-state index contributed by atoms with van der Waals surface area (Å²) in [5.41, 5.74) is 6.21. The number of hydrogen-bond donors (Lipinski definition) is 2. The van der Waals surface area contributed by atoms with Crippen LogP contribution in [0.25, 0.3) is 16.6 Å². The minimum Gasteiger partial charge on any atom is -0.361 e. The van der Waals surface area contributed by atoms with E-state index >= 15 is 0 Å². The van der Waals surface area contributed by atoms with Crippen LogP contribution in [0.2, 0.25) is 0 Å². The Bertz CT molecular complexity index is 1700. The summed E-state index contributed by atoms with van der Waals surface area (Å²) in [7, 11) is 0. The summed E-state index contributed by atoms with van der Waals surface area (Å²) in [4.78, 5) is 34.7. The number of nitrogens with one attached hydrogen (secondary N) is 2. The normalized spacial score (nSPS) is 15.4. The van der Waals surface area contributed by atoms with Gasteiger partial charge in [0.05, 0.1) is 12.7 Å². The van der Waals surface area contributed by atoms with E-state index in [-0.39, 0.29) is 18.5 Å². The molecule has 0 spiro atoms. The Morgan fingerprint density at radius 1 is 1.06 bits per heavy atom. The van der Waals surface area contributed by atoms with Crippen LogP contribution in [0.1, 0.15) is 27.9 Å². The van der Waals surface area contributed by atoms with E-state index in [1.54, 1.807) is 16.9 Å². The van der Waals surface area contributed by atoms with Gasteiger partial charge in [-0.05, 0) is 53.8 Å². The third-order valence-corrected chi connectivity index (χ3v) is 6.42. The topological polar surface area (TPSA) is 95.4 Å². The molecule has 5 aromatic rings. The smallest absolute Gasteiger partial charge is 0.325 e. The molecule has 6 rings (SSSR count). The van der Waals surface area contributed by atoms with E-state index in [1.165, 1.54) is 4.90 Å². The molecule has 1 fully saturated rings. The quantitative estimate of drug-likeness (QED) is 0.307. The van der Waals surface area contributed by atoms with Crippen molar-refractivity contribution in [1.82, 2.24) is 29.8 Å². The number of benzene rings is 2. The second-order valence-electron chi connectivity index (χ2n) is 8.83. The third-order valence-electron chi connectivity index (χ3n) is 6.42. The number of imidazole rings is 1. The van der Waals surface area contributed by atoms with Gasteiger partial charge in [0.1, 0.15) is 11.7 Å². The van der Waals surface area contributed by atoms with Crippen molar-refractivity contribution in [2.45, 2.75) is 25.9 Å². The number of nitrogens with zero attached hydrogens (tertiary/aromatic N) is 4. The molecule has 1 atom stereocenters. The highest BCUT2D eigenvalue weighted by molar-refractivity contribution is 6.04. The van der Waals surface area contributed by atoms with Gasteiger partial charge in [0, 0.05) is 35.3 Å². The average molecular weight is 475 g/mol. The number of carbonyl (C=O) groups excluding carboxylic acids is 2. The summed E-state index contributed by atoms with van der Waals surface area (Å²) in [6.07, 6.45) is 5.72. The number of para-hydroxylation sites is 1. The van der Waals surface area contributed by atoms with Gasteiger partial charge in [-0.15, -0.1) is 0 Å². The highest BCUT2D eigenvalue weighted by atomic mass is 16.2. The molecule has 1 saturated heterocycles. The van der Waals surface area contributed by atoms with Gasteiger partial charge in [-0.1, -0.05) is 36.3 Å². The maximum atomic E-state index is 13.1. The number of hydrogen-bond acceptors (Lipinski definition) is 4. The molecule has 3 aromatic heterocycles. The second-order valence-corrected chi connectivity index (χ2v) is 8.83. The lowest BCUT2D eigenvalue weighted by Crippen LogP contribution is -2.32. The Kier molecular flexibility index (Phi) is 5.23. The van der Waals surface area contributed by atoms with Gasteiger partial charge in [-0.25, -0.2) is 14.3 Å². The molecular weight excluding hydrogens is 452 g/mol. The van der Waals surface area contributed by atoms with Gasteiger partial charge in [0.15, 0.2) is 5.65 Å². The van der Waals surface area contributed by atoms with E-state index in [2.05, 4.69) is 32.2 Å². The summed E-state index contributed by atoms with van der Waals surface area (Å²) < 4.78 is 1.68. The zero-order valence-corrected chi connectivity index (χ0v) is 19.5. The molecule has 1 aliphatic rings. The molecule has 2 aromatic carbocycles. The lowest BCUT2D eigenvalue weighted by molar-refractivity contribution is -0.127. The molecule has 8 nitrogen and oxygen atoms in total. The maximum Gasteiger partial charge on any atom is 0.325 e.